The molecular formula is C28H40FNO6. The molecule has 200 valence electrons. The van der Waals surface area contributed by atoms with E-state index in [0.717, 1.165) is 6.42 Å². The Morgan fingerprint density at radius 1 is 1.25 bits per heavy atom. The number of aromatic nitrogens is 1. The average Bonchev–Trinajstić information content (AvgIpc) is 3.47. The molecular weight excluding hydrogens is 465 g/mol. The highest BCUT2D eigenvalue weighted by Gasteiger charge is 2.53. The summed E-state index contributed by atoms with van der Waals surface area (Å²) in [6, 6.07) is 5.10. The predicted octanol–water partition coefficient (Wildman–Crippen LogP) is 4.40. The molecule has 0 aromatic carbocycles. The number of Topliss-reactive ketones (excluding diaryl/α,β-unsaturated/α-hetero) is 1. The molecule has 36 heavy (non-hydrogen) atoms. The van der Waals surface area contributed by atoms with Crippen LogP contribution in [0.3, 0.4) is 0 Å². The molecule has 8 heteroatoms. The van der Waals surface area contributed by atoms with Crippen LogP contribution in [0.25, 0.3) is 6.08 Å². The second-order valence-electron chi connectivity index (χ2n) is 11.1. The first-order chi connectivity index (χ1) is 16.9. The second kappa shape index (κ2) is 11.5. The van der Waals surface area contributed by atoms with Gasteiger partial charge in [-0.1, -0.05) is 40.2 Å². The molecule has 3 rings (SSSR count). The molecule has 7 atom stereocenters. The fraction of sp³-hybridized carbons (Fsp3) is 0.679. The van der Waals surface area contributed by atoms with Crippen molar-refractivity contribution in [3.8, 4) is 0 Å². The van der Waals surface area contributed by atoms with Crippen molar-refractivity contribution in [1.82, 2.24) is 4.98 Å². The van der Waals surface area contributed by atoms with Crippen LogP contribution in [0.1, 0.15) is 78.8 Å². The first kappa shape index (κ1) is 28.4. The number of carbonyl (C=O) groups excluding carboxylic acids is 2. The molecule has 1 aromatic heterocycles. The van der Waals surface area contributed by atoms with Gasteiger partial charge in [0.15, 0.2) is 6.10 Å². The number of aliphatic hydroxyl groups excluding tert-OH is 2. The van der Waals surface area contributed by atoms with E-state index in [2.05, 4.69) is 4.98 Å². The second-order valence-corrected chi connectivity index (χ2v) is 11.1. The number of cyclic esters (lactones) is 1. The normalized spacial score (nSPS) is 36.6. The highest BCUT2D eigenvalue weighted by molar-refractivity contribution is 5.88. The summed E-state index contributed by atoms with van der Waals surface area (Å²) in [5.41, 5.74) is -1.38. The number of pyridine rings is 1. The minimum atomic E-state index is -1.35. The smallest absolute Gasteiger partial charge is 0.309 e. The Bertz CT molecular complexity index is 951. The highest BCUT2D eigenvalue weighted by atomic mass is 19.1. The Hall–Kier alpha value is -2.16. The third-order valence-electron chi connectivity index (χ3n) is 7.95. The van der Waals surface area contributed by atoms with Crippen LogP contribution in [0.4, 0.5) is 4.39 Å². The van der Waals surface area contributed by atoms with Crippen molar-refractivity contribution in [2.45, 2.75) is 103 Å². The van der Waals surface area contributed by atoms with E-state index in [-0.39, 0.29) is 24.2 Å². The molecule has 0 radical (unpaired) electrons. The fourth-order valence-electron chi connectivity index (χ4n) is 5.10. The lowest BCUT2D eigenvalue weighted by Gasteiger charge is -2.35. The maximum atomic E-state index is 15.3. The minimum absolute atomic E-state index is 0.128. The highest BCUT2D eigenvalue weighted by Crippen LogP contribution is 2.45. The first-order valence-electron chi connectivity index (χ1n) is 12.9. The SMILES string of the molecule is CC[C@H]1C(=O)C(C)(C)[C@@H](O)CC(=O)O[C@H](C(F)=Cc2ccccn2)C[C@@H]2OC2(C)CCCC(C)[C@@H]1O. The number of rotatable bonds is 3. The molecule has 2 aliphatic heterocycles. The number of nitrogens with zero attached hydrogens (tertiary/aromatic N) is 1. The molecule has 7 nitrogen and oxygen atoms in total. The van der Waals surface area contributed by atoms with E-state index < -0.39 is 53.5 Å². The molecule has 3 heterocycles. The number of epoxide rings is 1. The Morgan fingerprint density at radius 3 is 2.61 bits per heavy atom. The summed E-state index contributed by atoms with van der Waals surface area (Å²) in [6.07, 6.45) is 1.31. The van der Waals surface area contributed by atoms with Crippen molar-refractivity contribution >= 4 is 17.8 Å². The zero-order valence-electron chi connectivity index (χ0n) is 21.9. The van der Waals surface area contributed by atoms with Crippen LogP contribution in [0.15, 0.2) is 30.2 Å². The molecule has 2 unspecified atom stereocenters. The van der Waals surface area contributed by atoms with Gasteiger partial charge in [-0.25, -0.2) is 4.39 Å². The van der Waals surface area contributed by atoms with Crippen LogP contribution < -0.4 is 0 Å². The zero-order valence-corrected chi connectivity index (χ0v) is 21.9. The Balaban J connectivity index is 1.87. The summed E-state index contributed by atoms with van der Waals surface area (Å²) in [5.74, 6) is -2.56. The maximum Gasteiger partial charge on any atom is 0.309 e. The van der Waals surface area contributed by atoms with Gasteiger partial charge < -0.3 is 19.7 Å². The van der Waals surface area contributed by atoms with E-state index in [0.29, 0.717) is 25.0 Å². The molecule has 0 saturated carbocycles. The molecule has 0 bridgehead atoms. The number of hydrogen-bond donors (Lipinski definition) is 2. The van der Waals surface area contributed by atoms with Gasteiger partial charge in [-0.05, 0) is 50.3 Å². The van der Waals surface area contributed by atoms with Crippen LogP contribution in [0.2, 0.25) is 0 Å². The molecule has 2 fully saturated rings. The number of halogens is 1. The van der Waals surface area contributed by atoms with Crippen molar-refractivity contribution in [2.24, 2.45) is 17.3 Å². The summed E-state index contributed by atoms with van der Waals surface area (Å²) < 4.78 is 26.7. The van der Waals surface area contributed by atoms with Gasteiger partial charge in [0.1, 0.15) is 11.6 Å². The van der Waals surface area contributed by atoms with Gasteiger partial charge in [0.2, 0.25) is 0 Å². The van der Waals surface area contributed by atoms with E-state index in [9.17, 15) is 19.8 Å². The largest absolute Gasteiger partial charge is 0.455 e. The van der Waals surface area contributed by atoms with Gasteiger partial charge in [0.25, 0.3) is 0 Å². The monoisotopic (exact) mass is 505 g/mol. The van der Waals surface area contributed by atoms with Crippen LogP contribution in [-0.2, 0) is 19.1 Å². The van der Waals surface area contributed by atoms with Gasteiger partial charge in [0, 0.05) is 18.5 Å². The lowest BCUT2D eigenvalue weighted by atomic mass is 9.71. The van der Waals surface area contributed by atoms with Gasteiger partial charge in [-0.15, -0.1) is 0 Å². The predicted molar refractivity (Wildman–Crippen MR) is 133 cm³/mol. The standard InChI is InChI=1S/C28H40FNO6/c1-6-19-25(33)17(2)10-9-12-28(5)23(36-28)15-21(20(29)14-18-11-7-8-13-30-18)35-24(32)16-22(31)27(3,4)26(19)34/h7-8,11,13-14,17,19,21-23,25,31,33H,6,9-10,12,15-16H2,1-5H3/t17?,19-,21+,22+,23+,25+,28?/m1/s1. The van der Waals surface area contributed by atoms with E-state index >= 15 is 4.39 Å². The third kappa shape index (κ3) is 6.58. The fourth-order valence-corrected chi connectivity index (χ4v) is 5.10. The van der Waals surface area contributed by atoms with Crippen LogP contribution in [0.5, 0.6) is 0 Å². The van der Waals surface area contributed by atoms with Crippen molar-refractivity contribution < 1.29 is 33.7 Å². The molecule has 0 aliphatic carbocycles. The van der Waals surface area contributed by atoms with E-state index in [4.69, 9.17) is 9.47 Å². The van der Waals surface area contributed by atoms with Gasteiger partial charge in [0.05, 0.1) is 41.4 Å². The van der Waals surface area contributed by atoms with Crippen LogP contribution in [-0.4, -0.2) is 57.0 Å². The molecule has 1 aromatic rings. The van der Waals surface area contributed by atoms with E-state index in [1.807, 2.05) is 20.8 Å². The molecule has 2 aliphatic rings. The summed E-state index contributed by atoms with van der Waals surface area (Å²) >= 11 is 0. The molecule has 0 amide bonds. The summed E-state index contributed by atoms with van der Waals surface area (Å²) in [6.45, 7) is 8.84. The summed E-state index contributed by atoms with van der Waals surface area (Å²) in [5, 5.41) is 21.8. The number of ketones is 1. The van der Waals surface area contributed by atoms with Gasteiger partial charge in [-0.3, -0.25) is 14.6 Å². The maximum absolute atomic E-state index is 15.3. The van der Waals surface area contributed by atoms with Crippen molar-refractivity contribution in [3.05, 3.63) is 35.9 Å². The van der Waals surface area contributed by atoms with Crippen molar-refractivity contribution in [1.29, 1.82) is 0 Å². The number of hydrogen-bond acceptors (Lipinski definition) is 7. The van der Waals surface area contributed by atoms with E-state index in [1.54, 1.807) is 38.2 Å². The number of ether oxygens (including phenoxy) is 2. The number of aliphatic hydroxyl groups is 2. The number of esters is 1. The average molecular weight is 506 g/mol. The lowest BCUT2D eigenvalue weighted by molar-refractivity contribution is -0.155. The first-order valence-corrected chi connectivity index (χ1v) is 12.9. The Morgan fingerprint density at radius 2 is 1.97 bits per heavy atom. The molecule has 2 N–H and O–H groups in total. The number of fused-ring (bicyclic) bond motifs is 1. The third-order valence-corrected chi connectivity index (χ3v) is 7.95. The topological polar surface area (TPSA) is 109 Å². The Labute approximate surface area is 213 Å². The van der Waals surface area contributed by atoms with Crippen LogP contribution in [0, 0.1) is 17.3 Å². The quantitative estimate of drug-likeness (QED) is 0.463. The van der Waals surface area contributed by atoms with Crippen LogP contribution >= 0.6 is 0 Å². The number of carbonyl (C=O) groups is 2. The minimum Gasteiger partial charge on any atom is -0.455 e. The van der Waals surface area contributed by atoms with Gasteiger partial charge in [-0.2, -0.15) is 0 Å². The molecule has 2 saturated heterocycles. The Kier molecular flexibility index (Phi) is 9.06. The van der Waals surface area contributed by atoms with Gasteiger partial charge >= 0.3 is 5.97 Å². The molecule has 0 spiro atoms. The summed E-state index contributed by atoms with van der Waals surface area (Å²) in [4.78, 5) is 30.3. The van der Waals surface area contributed by atoms with Crippen molar-refractivity contribution in [2.75, 3.05) is 0 Å². The lowest BCUT2D eigenvalue weighted by Crippen LogP contribution is -2.46. The van der Waals surface area contributed by atoms with Crippen molar-refractivity contribution in [3.63, 3.8) is 0 Å². The zero-order chi connectivity index (χ0) is 26.7. The van der Waals surface area contributed by atoms with E-state index in [1.165, 1.54) is 6.08 Å². The summed E-state index contributed by atoms with van der Waals surface area (Å²) in [7, 11) is 0.